The van der Waals surface area contributed by atoms with Crippen molar-refractivity contribution >= 4 is 33.1 Å². The molecule has 1 aromatic heterocycles. The van der Waals surface area contributed by atoms with Crippen molar-refractivity contribution in [2.45, 2.75) is 6.10 Å². The molecule has 0 aliphatic carbocycles. The number of carbonyl (C=O) groups is 1. The van der Waals surface area contributed by atoms with Crippen LogP contribution in [0.2, 0.25) is 0 Å². The van der Waals surface area contributed by atoms with Gasteiger partial charge < -0.3 is 10.1 Å². The van der Waals surface area contributed by atoms with Crippen LogP contribution in [0.25, 0.3) is 10.9 Å². The molecule has 0 saturated carbocycles. The molecule has 98 valence electrons. The van der Waals surface area contributed by atoms with Gasteiger partial charge in [-0.05, 0) is 18.2 Å². The van der Waals surface area contributed by atoms with Crippen molar-refractivity contribution in [1.29, 1.82) is 0 Å². The van der Waals surface area contributed by atoms with Crippen LogP contribution in [0.4, 0.5) is 0 Å². The molecule has 1 aliphatic rings. The van der Waals surface area contributed by atoms with Crippen LogP contribution >= 0.6 is 15.9 Å². The van der Waals surface area contributed by atoms with Gasteiger partial charge in [0.25, 0.3) is 0 Å². The summed E-state index contributed by atoms with van der Waals surface area (Å²) in [6, 6.07) is 5.87. The molecule has 0 bridgehead atoms. The molecule has 1 atom stereocenters. The summed E-state index contributed by atoms with van der Waals surface area (Å²) in [5, 5.41) is 4.26. The highest BCUT2D eigenvalue weighted by atomic mass is 79.9. The third-order valence-corrected chi connectivity index (χ3v) is 3.77. The van der Waals surface area contributed by atoms with Crippen molar-refractivity contribution in [3.05, 3.63) is 40.0 Å². The quantitative estimate of drug-likeness (QED) is 0.864. The molecule has 1 aliphatic heterocycles. The summed E-state index contributed by atoms with van der Waals surface area (Å²) in [6.45, 7) is 2.22. The SMILES string of the molecule is O=Cc1cnc2ccc(Br)cc2c1C1CNCCO1. The lowest BCUT2D eigenvalue weighted by Gasteiger charge is -2.26. The van der Waals surface area contributed by atoms with Gasteiger partial charge in [-0.3, -0.25) is 9.78 Å². The van der Waals surface area contributed by atoms with E-state index in [2.05, 4.69) is 26.2 Å². The number of ether oxygens (including phenoxy) is 1. The van der Waals surface area contributed by atoms with Gasteiger partial charge in [0.2, 0.25) is 0 Å². The van der Waals surface area contributed by atoms with Crippen molar-refractivity contribution in [3.8, 4) is 0 Å². The molecule has 2 aromatic rings. The fourth-order valence-electron chi connectivity index (χ4n) is 2.40. The summed E-state index contributed by atoms with van der Waals surface area (Å²) in [5.74, 6) is 0. The lowest BCUT2D eigenvalue weighted by molar-refractivity contribution is 0.0281. The van der Waals surface area contributed by atoms with Crippen LogP contribution in [0.3, 0.4) is 0 Å². The zero-order chi connectivity index (χ0) is 13.2. The van der Waals surface area contributed by atoms with Gasteiger partial charge in [0, 0.05) is 40.3 Å². The number of halogens is 1. The van der Waals surface area contributed by atoms with Crippen LogP contribution in [0.15, 0.2) is 28.9 Å². The topological polar surface area (TPSA) is 51.2 Å². The molecule has 1 N–H and O–H groups in total. The Morgan fingerprint density at radius 2 is 2.37 bits per heavy atom. The van der Waals surface area contributed by atoms with E-state index in [0.29, 0.717) is 18.7 Å². The number of nitrogens with one attached hydrogen (secondary N) is 1. The number of rotatable bonds is 2. The van der Waals surface area contributed by atoms with Gasteiger partial charge in [0.05, 0.1) is 18.2 Å². The first kappa shape index (κ1) is 12.7. The fraction of sp³-hybridized carbons (Fsp3) is 0.286. The van der Waals surface area contributed by atoms with Crippen molar-refractivity contribution < 1.29 is 9.53 Å². The van der Waals surface area contributed by atoms with Gasteiger partial charge in [-0.15, -0.1) is 0 Å². The second-order valence-electron chi connectivity index (χ2n) is 4.47. The van der Waals surface area contributed by atoms with E-state index >= 15 is 0 Å². The average Bonchev–Trinajstić information content (AvgIpc) is 2.46. The van der Waals surface area contributed by atoms with Gasteiger partial charge in [0.1, 0.15) is 0 Å². The maximum atomic E-state index is 11.3. The number of pyridine rings is 1. The number of aldehydes is 1. The molecule has 1 saturated heterocycles. The van der Waals surface area contributed by atoms with Crippen molar-refractivity contribution in [1.82, 2.24) is 10.3 Å². The monoisotopic (exact) mass is 320 g/mol. The van der Waals surface area contributed by atoms with E-state index < -0.39 is 0 Å². The molecule has 0 amide bonds. The maximum Gasteiger partial charge on any atom is 0.152 e. The number of carbonyl (C=O) groups excluding carboxylic acids is 1. The van der Waals surface area contributed by atoms with Crippen molar-refractivity contribution in [2.75, 3.05) is 19.7 Å². The lowest BCUT2D eigenvalue weighted by Crippen LogP contribution is -2.34. The summed E-state index contributed by atoms with van der Waals surface area (Å²) in [4.78, 5) is 15.6. The average molecular weight is 321 g/mol. The molecule has 4 nitrogen and oxygen atoms in total. The lowest BCUT2D eigenvalue weighted by atomic mass is 9.98. The molecular formula is C14H13BrN2O2. The minimum atomic E-state index is -0.103. The summed E-state index contributed by atoms with van der Waals surface area (Å²) in [7, 11) is 0. The second-order valence-corrected chi connectivity index (χ2v) is 5.39. The minimum absolute atomic E-state index is 0.103. The van der Waals surface area contributed by atoms with Gasteiger partial charge in [0.15, 0.2) is 6.29 Å². The molecule has 1 unspecified atom stereocenters. The Hall–Kier alpha value is -1.30. The number of morpholine rings is 1. The normalized spacial score (nSPS) is 19.5. The minimum Gasteiger partial charge on any atom is -0.371 e. The van der Waals surface area contributed by atoms with E-state index in [1.807, 2.05) is 18.2 Å². The third-order valence-electron chi connectivity index (χ3n) is 3.28. The highest BCUT2D eigenvalue weighted by Gasteiger charge is 2.21. The predicted molar refractivity (Wildman–Crippen MR) is 76.4 cm³/mol. The first-order valence-corrected chi connectivity index (χ1v) is 6.94. The van der Waals surface area contributed by atoms with Gasteiger partial charge in [-0.2, -0.15) is 0 Å². The molecular weight excluding hydrogens is 308 g/mol. The predicted octanol–water partition coefficient (Wildman–Crippen LogP) is 2.47. The highest BCUT2D eigenvalue weighted by Crippen LogP contribution is 2.30. The number of hydrogen-bond acceptors (Lipinski definition) is 4. The van der Waals surface area contributed by atoms with Crippen molar-refractivity contribution in [3.63, 3.8) is 0 Å². The van der Waals surface area contributed by atoms with E-state index in [1.54, 1.807) is 6.20 Å². The first-order chi connectivity index (χ1) is 9.29. The Kier molecular flexibility index (Phi) is 3.59. The van der Waals surface area contributed by atoms with Crippen molar-refractivity contribution in [2.24, 2.45) is 0 Å². The number of hydrogen-bond donors (Lipinski definition) is 1. The van der Waals surface area contributed by atoms with E-state index in [1.165, 1.54) is 0 Å². The molecule has 1 fully saturated rings. The number of aromatic nitrogens is 1. The highest BCUT2D eigenvalue weighted by molar-refractivity contribution is 9.10. The van der Waals surface area contributed by atoms with Gasteiger partial charge >= 0.3 is 0 Å². The summed E-state index contributed by atoms with van der Waals surface area (Å²) >= 11 is 3.46. The second kappa shape index (κ2) is 5.36. The molecule has 1 aromatic carbocycles. The van der Waals surface area contributed by atoms with E-state index in [0.717, 1.165) is 33.8 Å². The fourth-order valence-corrected chi connectivity index (χ4v) is 2.77. The molecule has 0 radical (unpaired) electrons. The number of benzene rings is 1. The van der Waals surface area contributed by atoms with Gasteiger partial charge in [-0.25, -0.2) is 0 Å². The smallest absolute Gasteiger partial charge is 0.152 e. The number of nitrogens with zero attached hydrogens (tertiary/aromatic N) is 1. The summed E-state index contributed by atoms with van der Waals surface area (Å²) in [5.41, 5.74) is 2.39. The first-order valence-electron chi connectivity index (χ1n) is 6.15. The molecule has 3 rings (SSSR count). The Labute approximate surface area is 119 Å². The summed E-state index contributed by atoms with van der Waals surface area (Å²) in [6.07, 6.45) is 2.37. The Morgan fingerprint density at radius 3 is 3.11 bits per heavy atom. The molecule has 5 heteroatoms. The molecule has 19 heavy (non-hydrogen) atoms. The standard InChI is InChI=1S/C14H13BrN2O2/c15-10-1-2-12-11(5-10)14(9(8-18)6-17-12)13-7-16-3-4-19-13/h1-2,5-6,8,13,16H,3-4,7H2. The third kappa shape index (κ3) is 2.41. The van der Waals surface area contributed by atoms with Crippen LogP contribution in [-0.2, 0) is 4.74 Å². The van der Waals surface area contributed by atoms with Crippen LogP contribution in [0.1, 0.15) is 22.0 Å². The maximum absolute atomic E-state index is 11.3. The van der Waals surface area contributed by atoms with E-state index in [9.17, 15) is 4.79 Å². The van der Waals surface area contributed by atoms with Crippen LogP contribution in [-0.4, -0.2) is 31.0 Å². The van der Waals surface area contributed by atoms with E-state index in [4.69, 9.17) is 4.74 Å². The van der Waals surface area contributed by atoms with Crippen LogP contribution < -0.4 is 5.32 Å². The Balaban J connectivity index is 2.22. The zero-order valence-electron chi connectivity index (χ0n) is 10.2. The zero-order valence-corrected chi connectivity index (χ0v) is 11.8. The van der Waals surface area contributed by atoms with Crippen LogP contribution in [0, 0.1) is 0 Å². The molecule has 2 heterocycles. The Morgan fingerprint density at radius 1 is 1.47 bits per heavy atom. The largest absolute Gasteiger partial charge is 0.371 e. The molecule has 0 spiro atoms. The van der Waals surface area contributed by atoms with Crippen LogP contribution in [0.5, 0.6) is 0 Å². The van der Waals surface area contributed by atoms with E-state index in [-0.39, 0.29) is 6.10 Å². The Bertz CT molecular complexity index is 624. The number of fused-ring (bicyclic) bond motifs is 1. The summed E-state index contributed by atoms with van der Waals surface area (Å²) < 4.78 is 6.76. The van der Waals surface area contributed by atoms with Gasteiger partial charge in [-0.1, -0.05) is 15.9 Å².